The van der Waals surface area contributed by atoms with Crippen molar-refractivity contribution in [2.75, 3.05) is 13.2 Å². The van der Waals surface area contributed by atoms with E-state index in [1.54, 1.807) is 0 Å². The smallest absolute Gasteiger partial charge is 0.190 e. The minimum Gasteiger partial charge on any atom is -0.372 e. The third-order valence-electron chi connectivity index (χ3n) is 7.37. The number of rotatable bonds is 5. The average Bonchev–Trinajstić information content (AvgIpc) is 3.35. The molecule has 3 heterocycles. The second-order valence-corrected chi connectivity index (χ2v) is 10.1. The lowest BCUT2D eigenvalue weighted by atomic mass is 9.94. The van der Waals surface area contributed by atoms with Crippen LogP contribution in [0, 0.1) is 5.92 Å². The zero-order valence-corrected chi connectivity index (χ0v) is 18.1. The second kappa shape index (κ2) is 8.36. The highest BCUT2D eigenvalue weighted by molar-refractivity contribution is 5.01. The first kappa shape index (κ1) is 20.7. The van der Waals surface area contributed by atoms with Crippen LogP contribution in [0.5, 0.6) is 0 Å². The molecule has 2 aliphatic carbocycles. The first-order chi connectivity index (χ1) is 14.1. The van der Waals surface area contributed by atoms with Gasteiger partial charge in [0.15, 0.2) is 17.9 Å². The summed E-state index contributed by atoms with van der Waals surface area (Å²) in [6.45, 7) is 5.73. The van der Waals surface area contributed by atoms with Crippen LogP contribution in [0.2, 0.25) is 0 Å². The van der Waals surface area contributed by atoms with E-state index in [1.807, 2.05) is 0 Å². The van der Waals surface area contributed by atoms with Gasteiger partial charge in [-0.15, -0.1) is 0 Å². The zero-order valence-electron chi connectivity index (χ0n) is 18.1. The van der Waals surface area contributed by atoms with Crippen molar-refractivity contribution < 1.29 is 28.4 Å². The van der Waals surface area contributed by atoms with E-state index in [2.05, 4.69) is 13.8 Å². The Balaban J connectivity index is 1.28. The van der Waals surface area contributed by atoms with Gasteiger partial charge >= 0.3 is 0 Å². The van der Waals surface area contributed by atoms with E-state index >= 15 is 0 Å². The van der Waals surface area contributed by atoms with Gasteiger partial charge in [-0.3, -0.25) is 0 Å². The fraction of sp³-hybridized carbons (Fsp3) is 1.00. The van der Waals surface area contributed by atoms with Crippen molar-refractivity contribution >= 4 is 0 Å². The minimum atomic E-state index is -0.462. The molecule has 0 radical (unpaired) electrons. The highest BCUT2D eigenvalue weighted by atomic mass is 16.9. The van der Waals surface area contributed by atoms with Crippen molar-refractivity contribution in [1.82, 2.24) is 0 Å². The van der Waals surface area contributed by atoms with Gasteiger partial charge in [-0.1, -0.05) is 26.7 Å². The summed E-state index contributed by atoms with van der Waals surface area (Å²) in [6, 6.07) is 0. The molecule has 2 spiro atoms. The molecule has 5 unspecified atom stereocenters. The normalized spacial score (nSPS) is 40.9. The van der Waals surface area contributed by atoms with Gasteiger partial charge in [0.1, 0.15) is 24.4 Å². The van der Waals surface area contributed by atoms with Crippen molar-refractivity contribution in [1.29, 1.82) is 0 Å². The summed E-state index contributed by atoms with van der Waals surface area (Å²) in [5.41, 5.74) is 0. The SMILES string of the molecule is CC(C)CCOC1C(C2COC3(CCCCC3)O2)OC2OC3(CCCCC3)OC21. The Morgan fingerprint density at radius 3 is 2.21 bits per heavy atom. The highest BCUT2D eigenvalue weighted by Gasteiger charge is 2.61. The monoisotopic (exact) mass is 410 g/mol. The molecule has 5 aliphatic rings. The van der Waals surface area contributed by atoms with E-state index in [-0.39, 0.29) is 30.7 Å². The number of ether oxygens (including phenoxy) is 6. The Bertz CT molecular complexity index is 554. The average molecular weight is 411 g/mol. The molecule has 3 saturated heterocycles. The van der Waals surface area contributed by atoms with Crippen molar-refractivity contribution in [3.63, 3.8) is 0 Å². The lowest BCUT2D eigenvalue weighted by molar-refractivity contribution is -0.262. The van der Waals surface area contributed by atoms with Crippen LogP contribution in [0.1, 0.15) is 84.5 Å². The zero-order chi connectivity index (χ0) is 19.9. The molecule has 5 fully saturated rings. The summed E-state index contributed by atoms with van der Waals surface area (Å²) in [6.07, 6.45) is 11.1. The predicted octanol–water partition coefficient (Wildman–Crippen LogP) is 4.29. The van der Waals surface area contributed by atoms with Gasteiger partial charge < -0.3 is 28.4 Å². The van der Waals surface area contributed by atoms with E-state index in [1.165, 1.54) is 25.7 Å². The summed E-state index contributed by atoms with van der Waals surface area (Å²) in [5, 5.41) is 0. The van der Waals surface area contributed by atoms with Gasteiger partial charge in [0.2, 0.25) is 0 Å². The van der Waals surface area contributed by atoms with E-state index in [4.69, 9.17) is 28.4 Å². The molecule has 0 aromatic heterocycles. The summed E-state index contributed by atoms with van der Waals surface area (Å²) in [5.74, 6) is -0.261. The van der Waals surface area contributed by atoms with Gasteiger partial charge in [0.05, 0.1) is 6.61 Å². The molecule has 0 amide bonds. The van der Waals surface area contributed by atoms with E-state index < -0.39 is 11.6 Å². The molecule has 2 saturated carbocycles. The van der Waals surface area contributed by atoms with Gasteiger partial charge in [-0.2, -0.15) is 0 Å². The maximum absolute atomic E-state index is 6.54. The molecule has 6 heteroatoms. The molecular weight excluding hydrogens is 372 g/mol. The van der Waals surface area contributed by atoms with Gasteiger partial charge in [-0.25, -0.2) is 0 Å². The molecule has 166 valence electrons. The van der Waals surface area contributed by atoms with Crippen LogP contribution in [-0.4, -0.2) is 55.5 Å². The Morgan fingerprint density at radius 2 is 1.52 bits per heavy atom. The maximum Gasteiger partial charge on any atom is 0.190 e. The summed E-state index contributed by atoms with van der Waals surface area (Å²) < 4.78 is 38.4. The third-order valence-corrected chi connectivity index (χ3v) is 7.37. The molecule has 29 heavy (non-hydrogen) atoms. The number of hydrogen-bond acceptors (Lipinski definition) is 6. The van der Waals surface area contributed by atoms with Crippen LogP contribution in [-0.2, 0) is 28.4 Å². The largest absolute Gasteiger partial charge is 0.372 e. The van der Waals surface area contributed by atoms with E-state index in [0.717, 1.165) is 44.9 Å². The first-order valence-corrected chi connectivity index (χ1v) is 12.0. The van der Waals surface area contributed by atoms with Crippen LogP contribution >= 0.6 is 0 Å². The number of fused-ring (bicyclic) bond motifs is 1. The topological polar surface area (TPSA) is 55.4 Å². The summed E-state index contributed by atoms with van der Waals surface area (Å²) >= 11 is 0. The van der Waals surface area contributed by atoms with Gasteiger partial charge in [0, 0.05) is 32.3 Å². The molecule has 5 atom stereocenters. The highest BCUT2D eigenvalue weighted by Crippen LogP contribution is 2.48. The maximum atomic E-state index is 6.54. The fourth-order valence-electron chi connectivity index (χ4n) is 5.70. The van der Waals surface area contributed by atoms with Crippen LogP contribution < -0.4 is 0 Å². The van der Waals surface area contributed by atoms with Crippen molar-refractivity contribution in [3.8, 4) is 0 Å². The minimum absolute atomic E-state index is 0.114. The Morgan fingerprint density at radius 1 is 0.828 bits per heavy atom. The van der Waals surface area contributed by atoms with Crippen LogP contribution in [0.4, 0.5) is 0 Å². The predicted molar refractivity (Wildman–Crippen MR) is 106 cm³/mol. The molecule has 0 bridgehead atoms. The quantitative estimate of drug-likeness (QED) is 0.674. The van der Waals surface area contributed by atoms with E-state index in [9.17, 15) is 0 Å². The summed E-state index contributed by atoms with van der Waals surface area (Å²) in [4.78, 5) is 0. The molecule has 0 N–H and O–H groups in total. The Labute approximate surface area is 174 Å². The standard InChI is InChI=1S/C23H38O6/c1-16(2)9-14-24-19-18(17-15-25-22(27-17)10-5-3-6-11-22)26-21-20(19)28-23(29-21)12-7-4-8-13-23/h16-21H,3-15H2,1-2H3. The fourth-order valence-corrected chi connectivity index (χ4v) is 5.70. The van der Waals surface area contributed by atoms with Crippen molar-refractivity contribution in [2.45, 2.75) is 127 Å². The molecule has 0 aromatic rings. The van der Waals surface area contributed by atoms with Gasteiger partial charge in [-0.05, 0) is 38.0 Å². The van der Waals surface area contributed by atoms with E-state index in [0.29, 0.717) is 19.1 Å². The van der Waals surface area contributed by atoms with Crippen molar-refractivity contribution in [3.05, 3.63) is 0 Å². The lowest BCUT2D eigenvalue weighted by Gasteiger charge is -2.35. The Kier molecular flexibility index (Phi) is 5.95. The van der Waals surface area contributed by atoms with Crippen LogP contribution in [0.25, 0.3) is 0 Å². The van der Waals surface area contributed by atoms with Crippen molar-refractivity contribution in [2.24, 2.45) is 5.92 Å². The third kappa shape index (κ3) is 4.13. The van der Waals surface area contributed by atoms with Gasteiger partial charge in [0.25, 0.3) is 0 Å². The molecule has 5 rings (SSSR count). The van der Waals surface area contributed by atoms with Crippen LogP contribution in [0.3, 0.4) is 0 Å². The lowest BCUT2D eigenvalue weighted by Crippen LogP contribution is -2.46. The van der Waals surface area contributed by atoms with Crippen LogP contribution in [0.15, 0.2) is 0 Å². The Hall–Kier alpha value is -0.240. The molecule has 0 aromatic carbocycles. The molecule has 6 nitrogen and oxygen atoms in total. The molecule has 3 aliphatic heterocycles. The first-order valence-electron chi connectivity index (χ1n) is 12.0. The number of hydrogen-bond donors (Lipinski definition) is 0. The molecular formula is C23H38O6. The summed E-state index contributed by atoms with van der Waals surface area (Å²) in [7, 11) is 0. The second-order valence-electron chi connectivity index (χ2n) is 10.1.